The van der Waals surface area contributed by atoms with Gasteiger partial charge >= 0.3 is 0 Å². The molecule has 0 unspecified atom stereocenters. The summed E-state index contributed by atoms with van der Waals surface area (Å²) in [5.41, 5.74) is 6.93. The van der Waals surface area contributed by atoms with Gasteiger partial charge in [0.05, 0.1) is 21.3 Å². The molecule has 0 spiro atoms. The predicted octanol–water partition coefficient (Wildman–Crippen LogP) is 6.86. The van der Waals surface area contributed by atoms with Crippen molar-refractivity contribution in [1.29, 1.82) is 0 Å². The van der Waals surface area contributed by atoms with Crippen molar-refractivity contribution in [1.82, 2.24) is 9.80 Å². The van der Waals surface area contributed by atoms with Crippen LogP contribution in [0.4, 0.5) is 0 Å². The quantitative estimate of drug-likeness (QED) is 0.271. The number of rotatable bonds is 3. The summed E-state index contributed by atoms with van der Waals surface area (Å²) in [7, 11) is 9.29. The number of nitrogens with zero attached hydrogens (tertiary/aromatic N) is 2. The number of aromatic hydroxyl groups is 1. The van der Waals surface area contributed by atoms with Gasteiger partial charge in [0.15, 0.2) is 34.5 Å². The lowest BCUT2D eigenvalue weighted by Gasteiger charge is -2.37. The third-order valence-electron chi connectivity index (χ3n) is 9.64. The van der Waals surface area contributed by atoms with Gasteiger partial charge in [-0.3, -0.25) is 9.80 Å². The predicted molar refractivity (Wildman–Crippen MR) is 173 cm³/mol. The van der Waals surface area contributed by atoms with Crippen molar-refractivity contribution in [3.8, 4) is 46.0 Å². The summed E-state index contributed by atoms with van der Waals surface area (Å²) in [6, 6.07) is 20.4. The first-order valence-corrected chi connectivity index (χ1v) is 15.5. The van der Waals surface area contributed by atoms with E-state index in [1.54, 1.807) is 27.4 Å². The minimum atomic E-state index is -0.0197. The van der Waals surface area contributed by atoms with E-state index in [0.717, 1.165) is 49.2 Å². The van der Waals surface area contributed by atoms with Crippen LogP contribution in [-0.4, -0.2) is 63.4 Å². The van der Waals surface area contributed by atoms with Crippen LogP contribution < -0.4 is 23.7 Å². The molecule has 2 atom stereocenters. The second-order valence-electron chi connectivity index (χ2n) is 12.3. The van der Waals surface area contributed by atoms with Crippen molar-refractivity contribution in [2.45, 2.75) is 37.8 Å². The molecule has 6 bridgehead atoms. The molecule has 0 radical (unpaired) electrons. The molecule has 45 heavy (non-hydrogen) atoms. The number of benzene rings is 4. The SMILES string of the molecule is COc1cc2c3cc1Oc1cc(ccc1O)C[C@@H]1c4c(cc(OC)c(OC)c4Oc4ccc(cc4)C[C@@H]3N(C)CC2)CCN1C. The van der Waals surface area contributed by atoms with E-state index in [4.69, 9.17) is 23.7 Å². The maximum absolute atomic E-state index is 11.0. The first kappa shape index (κ1) is 29.3. The summed E-state index contributed by atoms with van der Waals surface area (Å²) < 4.78 is 30.8. The molecule has 0 amide bonds. The van der Waals surface area contributed by atoms with Gasteiger partial charge in [-0.2, -0.15) is 0 Å². The van der Waals surface area contributed by atoms with Crippen LogP contribution in [0.2, 0.25) is 0 Å². The maximum atomic E-state index is 11.0. The van der Waals surface area contributed by atoms with Crippen LogP contribution >= 0.6 is 0 Å². The number of methoxy groups -OCH3 is 3. The lowest BCUT2D eigenvalue weighted by molar-refractivity contribution is 0.221. The van der Waals surface area contributed by atoms with E-state index in [2.05, 4.69) is 54.2 Å². The molecule has 0 saturated carbocycles. The van der Waals surface area contributed by atoms with Crippen LogP contribution in [0.5, 0.6) is 46.0 Å². The summed E-state index contributed by atoms with van der Waals surface area (Å²) in [4.78, 5) is 4.74. The zero-order chi connectivity index (χ0) is 31.2. The van der Waals surface area contributed by atoms with Crippen molar-refractivity contribution in [2.24, 2.45) is 0 Å². The fourth-order valence-electron chi connectivity index (χ4n) is 7.11. The molecule has 4 aliphatic heterocycles. The van der Waals surface area contributed by atoms with Gasteiger partial charge in [-0.15, -0.1) is 0 Å². The Morgan fingerprint density at radius 1 is 0.689 bits per heavy atom. The average molecular weight is 609 g/mol. The first-order chi connectivity index (χ1) is 21.9. The second-order valence-corrected chi connectivity index (χ2v) is 12.3. The molecule has 0 aromatic heterocycles. The third-order valence-corrected chi connectivity index (χ3v) is 9.64. The van der Waals surface area contributed by atoms with Gasteiger partial charge in [0.2, 0.25) is 5.75 Å². The molecular weight excluding hydrogens is 568 g/mol. The topological polar surface area (TPSA) is 72.9 Å². The summed E-state index contributed by atoms with van der Waals surface area (Å²) in [5, 5.41) is 11.0. The lowest BCUT2D eigenvalue weighted by atomic mass is 9.87. The number of likely N-dealkylation sites (N-methyl/N-ethyl adjacent to an activating group) is 2. The zero-order valence-electron chi connectivity index (χ0n) is 26.6. The number of ether oxygens (including phenoxy) is 5. The van der Waals surface area contributed by atoms with Crippen LogP contribution in [0, 0.1) is 0 Å². The van der Waals surface area contributed by atoms with Crippen LogP contribution in [0.15, 0.2) is 60.7 Å². The number of phenols is 1. The van der Waals surface area contributed by atoms with Crippen molar-refractivity contribution >= 4 is 0 Å². The smallest absolute Gasteiger partial charge is 0.204 e. The van der Waals surface area contributed by atoms with Crippen LogP contribution in [0.3, 0.4) is 0 Å². The molecular formula is C37H40N2O6. The number of hydrogen-bond donors (Lipinski definition) is 1. The van der Waals surface area contributed by atoms with E-state index in [-0.39, 0.29) is 17.8 Å². The molecule has 8 rings (SSSR count). The van der Waals surface area contributed by atoms with Gasteiger partial charge in [0, 0.05) is 30.7 Å². The molecule has 0 fully saturated rings. The molecule has 4 aliphatic rings. The van der Waals surface area contributed by atoms with E-state index < -0.39 is 0 Å². The molecule has 8 heteroatoms. The largest absolute Gasteiger partial charge is 0.504 e. The van der Waals surface area contributed by atoms with Gasteiger partial charge < -0.3 is 28.8 Å². The number of phenolic OH excluding ortho intramolecular Hbond substituents is 1. The van der Waals surface area contributed by atoms with Crippen molar-refractivity contribution in [3.05, 3.63) is 94.0 Å². The minimum Gasteiger partial charge on any atom is -0.504 e. The normalized spacial score (nSPS) is 19.4. The Morgan fingerprint density at radius 3 is 2.09 bits per heavy atom. The standard InChI is InChI=1S/C37H40N2O6/c1-38-14-12-24-19-32(41-3)33-21-27(24)28(38)16-22-6-9-26(10-7-22)44-37-35-25(20-34(42-4)36(37)43-5)13-15-39(2)29(35)17-23-8-11-30(40)31(18-23)45-33/h6-11,18-21,28-29,40H,12-17H2,1-5H3/t28-,29+/m0/s1. The molecule has 8 nitrogen and oxygen atoms in total. The molecule has 4 aromatic carbocycles. The van der Waals surface area contributed by atoms with Gasteiger partial charge in [-0.1, -0.05) is 18.2 Å². The van der Waals surface area contributed by atoms with Gasteiger partial charge in [-0.05, 0) is 110 Å². The summed E-state index contributed by atoms with van der Waals surface area (Å²) in [6.45, 7) is 1.83. The summed E-state index contributed by atoms with van der Waals surface area (Å²) >= 11 is 0. The average Bonchev–Trinajstić information content (AvgIpc) is 3.05. The number of hydrogen-bond acceptors (Lipinski definition) is 8. The van der Waals surface area contributed by atoms with E-state index >= 15 is 0 Å². The van der Waals surface area contributed by atoms with Gasteiger partial charge in [0.25, 0.3) is 0 Å². The lowest BCUT2D eigenvalue weighted by Crippen LogP contribution is -2.34. The Bertz CT molecular complexity index is 1740. The Hall–Kier alpha value is -4.40. The van der Waals surface area contributed by atoms with E-state index in [1.165, 1.54) is 22.3 Å². The van der Waals surface area contributed by atoms with Gasteiger partial charge in [-0.25, -0.2) is 0 Å². The van der Waals surface area contributed by atoms with Gasteiger partial charge in [0.1, 0.15) is 5.75 Å². The Kier molecular flexibility index (Phi) is 7.71. The summed E-state index contributed by atoms with van der Waals surface area (Å²) in [6.07, 6.45) is 3.27. The highest BCUT2D eigenvalue weighted by Gasteiger charge is 2.34. The van der Waals surface area contributed by atoms with Crippen LogP contribution in [0.1, 0.15) is 45.5 Å². The zero-order valence-corrected chi connectivity index (χ0v) is 26.6. The monoisotopic (exact) mass is 608 g/mol. The van der Waals surface area contributed by atoms with E-state index in [0.29, 0.717) is 40.9 Å². The van der Waals surface area contributed by atoms with Crippen molar-refractivity contribution in [2.75, 3.05) is 48.5 Å². The van der Waals surface area contributed by atoms with E-state index in [1.807, 2.05) is 24.3 Å². The summed E-state index contributed by atoms with van der Waals surface area (Å²) in [5.74, 6) is 4.36. The Balaban J connectivity index is 1.42. The number of fused-ring (bicyclic) bond motifs is 2. The highest BCUT2D eigenvalue weighted by atomic mass is 16.5. The Labute approximate surface area is 264 Å². The molecule has 0 aliphatic carbocycles. The highest BCUT2D eigenvalue weighted by molar-refractivity contribution is 5.62. The van der Waals surface area contributed by atoms with E-state index in [9.17, 15) is 5.11 Å². The fourth-order valence-corrected chi connectivity index (χ4v) is 7.11. The molecule has 0 saturated heterocycles. The second kappa shape index (κ2) is 11.8. The van der Waals surface area contributed by atoms with Crippen LogP contribution in [-0.2, 0) is 25.7 Å². The minimum absolute atomic E-state index is 0.0197. The molecule has 4 heterocycles. The Morgan fingerprint density at radius 2 is 1.36 bits per heavy atom. The third kappa shape index (κ3) is 5.32. The highest BCUT2D eigenvalue weighted by Crippen LogP contribution is 2.50. The van der Waals surface area contributed by atoms with Crippen molar-refractivity contribution in [3.63, 3.8) is 0 Å². The molecule has 234 valence electrons. The van der Waals surface area contributed by atoms with Crippen LogP contribution in [0.25, 0.3) is 0 Å². The molecule has 4 aromatic rings. The van der Waals surface area contributed by atoms with Crippen molar-refractivity contribution < 1.29 is 28.8 Å². The maximum Gasteiger partial charge on any atom is 0.204 e. The molecule has 1 N–H and O–H groups in total. The fraction of sp³-hybridized carbons (Fsp3) is 0.351. The first-order valence-electron chi connectivity index (χ1n) is 15.5.